The van der Waals surface area contributed by atoms with Gasteiger partial charge in [0.25, 0.3) is 5.24 Å². The van der Waals surface area contributed by atoms with Crippen molar-refractivity contribution in [3.05, 3.63) is 35.4 Å². The molecule has 0 saturated heterocycles. The highest BCUT2D eigenvalue weighted by atomic mass is 35.5. The minimum Gasteiger partial charge on any atom is -0.363 e. The first-order valence-corrected chi connectivity index (χ1v) is 4.46. The third kappa shape index (κ3) is 2.33. The number of nitrogens with one attached hydrogen (secondary N) is 1. The van der Waals surface area contributed by atoms with E-state index in [2.05, 4.69) is 0 Å². The molecule has 0 atom stereocenters. The number of halogens is 1. The van der Waals surface area contributed by atoms with Crippen LogP contribution < -0.4 is 0 Å². The maximum absolute atomic E-state index is 10.8. The third-order valence-electron chi connectivity index (χ3n) is 1.83. The number of hydrogen-bond donors (Lipinski definition) is 1. The standard InChI is InChI=1S/C10H11ClN2O/c1-13(2)10(12)8-5-3-7(4-6-8)9(11)14/h3-6,12H,1-2H3. The molecule has 0 bridgehead atoms. The second-order valence-electron chi connectivity index (χ2n) is 3.09. The molecule has 4 heteroatoms. The molecule has 0 radical (unpaired) electrons. The van der Waals surface area contributed by atoms with Gasteiger partial charge in [-0.3, -0.25) is 10.2 Å². The van der Waals surface area contributed by atoms with Gasteiger partial charge in [0, 0.05) is 25.2 Å². The predicted molar refractivity (Wildman–Crippen MR) is 57.1 cm³/mol. The molecule has 0 spiro atoms. The van der Waals surface area contributed by atoms with Crippen LogP contribution in [0, 0.1) is 5.41 Å². The Morgan fingerprint density at radius 3 is 2.00 bits per heavy atom. The molecule has 1 N–H and O–H groups in total. The van der Waals surface area contributed by atoms with E-state index in [-0.39, 0.29) is 0 Å². The minimum absolute atomic E-state index is 0.401. The van der Waals surface area contributed by atoms with Crippen molar-refractivity contribution in [2.24, 2.45) is 0 Å². The summed E-state index contributed by atoms with van der Waals surface area (Å²) in [6, 6.07) is 6.64. The van der Waals surface area contributed by atoms with Crippen molar-refractivity contribution in [1.82, 2.24) is 4.90 Å². The molecule has 0 aliphatic heterocycles. The number of carbonyl (C=O) groups is 1. The molecule has 0 fully saturated rings. The van der Waals surface area contributed by atoms with Gasteiger partial charge in [0.2, 0.25) is 0 Å². The summed E-state index contributed by atoms with van der Waals surface area (Å²) in [6.45, 7) is 0. The van der Waals surface area contributed by atoms with Crippen LogP contribution in [0.15, 0.2) is 24.3 Å². The quantitative estimate of drug-likeness (QED) is 0.461. The number of nitrogens with zero attached hydrogens (tertiary/aromatic N) is 1. The zero-order valence-electron chi connectivity index (χ0n) is 8.04. The highest BCUT2D eigenvalue weighted by molar-refractivity contribution is 6.67. The summed E-state index contributed by atoms with van der Waals surface area (Å²) in [4.78, 5) is 12.5. The smallest absolute Gasteiger partial charge is 0.252 e. The molecule has 14 heavy (non-hydrogen) atoms. The highest BCUT2D eigenvalue weighted by Gasteiger charge is 2.05. The largest absolute Gasteiger partial charge is 0.363 e. The van der Waals surface area contributed by atoms with E-state index in [1.165, 1.54) is 0 Å². The summed E-state index contributed by atoms with van der Waals surface area (Å²) in [5, 5.41) is 7.19. The molecule has 74 valence electrons. The van der Waals surface area contributed by atoms with Gasteiger partial charge in [-0.1, -0.05) is 12.1 Å². The van der Waals surface area contributed by atoms with E-state index >= 15 is 0 Å². The van der Waals surface area contributed by atoms with Crippen molar-refractivity contribution in [2.75, 3.05) is 14.1 Å². The average molecular weight is 211 g/mol. The summed E-state index contributed by atoms with van der Waals surface area (Å²) in [7, 11) is 3.59. The number of benzene rings is 1. The summed E-state index contributed by atoms with van der Waals surface area (Å²) in [5.41, 5.74) is 1.21. The van der Waals surface area contributed by atoms with Crippen LogP contribution in [0.2, 0.25) is 0 Å². The van der Waals surface area contributed by atoms with Crippen molar-refractivity contribution >= 4 is 22.7 Å². The number of hydrogen-bond acceptors (Lipinski definition) is 2. The topological polar surface area (TPSA) is 44.2 Å². The van der Waals surface area contributed by atoms with Crippen molar-refractivity contribution in [3.8, 4) is 0 Å². The lowest BCUT2D eigenvalue weighted by Crippen LogP contribution is -2.21. The van der Waals surface area contributed by atoms with Gasteiger partial charge in [0.1, 0.15) is 5.84 Å². The van der Waals surface area contributed by atoms with Gasteiger partial charge in [0.15, 0.2) is 0 Å². The summed E-state index contributed by atoms with van der Waals surface area (Å²) < 4.78 is 0. The van der Waals surface area contributed by atoms with E-state index < -0.39 is 5.24 Å². The molecular weight excluding hydrogens is 200 g/mol. The molecule has 0 aliphatic rings. The zero-order valence-corrected chi connectivity index (χ0v) is 8.80. The molecule has 0 aliphatic carbocycles. The van der Waals surface area contributed by atoms with Gasteiger partial charge >= 0.3 is 0 Å². The van der Waals surface area contributed by atoms with Crippen LogP contribution in [-0.4, -0.2) is 30.1 Å². The second kappa shape index (κ2) is 4.24. The van der Waals surface area contributed by atoms with Crippen LogP contribution in [0.1, 0.15) is 15.9 Å². The Labute approximate surface area is 87.8 Å². The molecule has 1 aromatic rings. The van der Waals surface area contributed by atoms with Crippen LogP contribution >= 0.6 is 11.6 Å². The van der Waals surface area contributed by atoms with E-state index in [0.717, 1.165) is 5.56 Å². The summed E-state index contributed by atoms with van der Waals surface area (Å²) in [5.74, 6) is 0.401. The van der Waals surface area contributed by atoms with Gasteiger partial charge in [-0.05, 0) is 23.7 Å². The Hall–Kier alpha value is -1.35. The zero-order chi connectivity index (χ0) is 10.7. The summed E-state index contributed by atoms with van der Waals surface area (Å²) >= 11 is 5.29. The summed E-state index contributed by atoms with van der Waals surface area (Å²) in [6.07, 6.45) is 0. The van der Waals surface area contributed by atoms with Crippen LogP contribution in [0.4, 0.5) is 0 Å². The van der Waals surface area contributed by atoms with E-state index in [4.69, 9.17) is 17.0 Å². The average Bonchev–Trinajstić information content (AvgIpc) is 2.16. The Bertz CT molecular complexity index is 357. The predicted octanol–water partition coefficient (Wildman–Crippen LogP) is 1.95. The molecule has 3 nitrogen and oxygen atoms in total. The van der Waals surface area contributed by atoms with Gasteiger partial charge in [0.05, 0.1) is 0 Å². The maximum atomic E-state index is 10.8. The second-order valence-corrected chi connectivity index (χ2v) is 3.44. The fourth-order valence-corrected chi connectivity index (χ4v) is 1.14. The first-order valence-electron chi connectivity index (χ1n) is 4.08. The van der Waals surface area contributed by atoms with Crippen molar-refractivity contribution < 1.29 is 4.79 Å². The first kappa shape index (κ1) is 10.7. The van der Waals surface area contributed by atoms with Crippen LogP contribution in [0.25, 0.3) is 0 Å². The van der Waals surface area contributed by atoms with Gasteiger partial charge in [-0.2, -0.15) is 0 Å². The monoisotopic (exact) mass is 210 g/mol. The molecule has 0 amide bonds. The van der Waals surface area contributed by atoms with E-state index in [9.17, 15) is 4.79 Å². The number of rotatable bonds is 2. The fraction of sp³-hybridized carbons (Fsp3) is 0.200. The van der Waals surface area contributed by atoms with Gasteiger partial charge < -0.3 is 4.90 Å². The maximum Gasteiger partial charge on any atom is 0.252 e. The minimum atomic E-state index is -0.479. The molecule has 0 aromatic heterocycles. The Morgan fingerprint density at radius 2 is 1.64 bits per heavy atom. The Morgan fingerprint density at radius 1 is 1.21 bits per heavy atom. The van der Waals surface area contributed by atoms with Crippen molar-refractivity contribution in [2.45, 2.75) is 0 Å². The number of amidine groups is 1. The van der Waals surface area contributed by atoms with Gasteiger partial charge in [-0.15, -0.1) is 0 Å². The van der Waals surface area contributed by atoms with E-state index in [0.29, 0.717) is 11.4 Å². The molecule has 0 unspecified atom stereocenters. The Balaban J connectivity index is 2.94. The first-order chi connectivity index (χ1) is 6.52. The molecular formula is C10H11ClN2O. The fourth-order valence-electron chi connectivity index (χ4n) is 1.02. The Kier molecular flexibility index (Phi) is 3.25. The van der Waals surface area contributed by atoms with E-state index in [1.807, 2.05) is 0 Å². The van der Waals surface area contributed by atoms with E-state index in [1.54, 1.807) is 43.3 Å². The van der Waals surface area contributed by atoms with Crippen molar-refractivity contribution in [3.63, 3.8) is 0 Å². The highest BCUT2D eigenvalue weighted by Crippen LogP contribution is 2.08. The van der Waals surface area contributed by atoms with Crippen LogP contribution in [0.3, 0.4) is 0 Å². The molecule has 1 rings (SSSR count). The van der Waals surface area contributed by atoms with Gasteiger partial charge in [-0.25, -0.2) is 0 Å². The van der Waals surface area contributed by atoms with Crippen molar-refractivity contribution in [1.29, 1.82) is 5.41 Å². The third-order valence-corrected chi connectivity index (χ3v) is 2.05. The molecule has 1 aromatic carbocycles. The molecule has 0 heterocycles. The normalized spacial score (nSPS) is 9.64. The molecule has 0 saturated carbocycles. The SMILES string of the molecule is CN(C)C(=N)c1ccc(C(=O)Cl)cc1. The number of carbonyl (C=O) groups excluding carboxylic acids is 1. The lowest BCUT2D eigenvalue weighted by atomic mass is 10.1. The lowest BCUT2D eigenvalue weighted by Gasteiger charge is -2.13. The lowest BCUT2D eigenvalue weighted by molar-refractivity contribution is 0.108. The van der Waals surface area contributed by atoms with Crippen LogP contribution in [0.5, 0.6) is 0 Å². The van der Waals surface area contributed by atoms with Crippen LogP contribution in [-0.2, 0) is 0 Å².